The van der Waals surface area contributed by atoms with Crippen LogP contribution in [0.4, 0.5) is 5.69 Å². The van der Waals surface area contributed by atoms with E-state index in [1.165, 1.54) is 10.6 Å². The molecule has 5 nitrogen and oxygen atoms in total. The lowest BCUT2D eigenvalue weighted by Crippen LogP contribution is -2.25. The summed E-state index contributed by atoms with van der Waals surface area (Å²) < 4.78 is 26.1. The van der Waals surface area contributed by atoms with E-state index in [1.54, 1.807) is 30.6 Å². The standard InChI is InChI=1S/C15H14ClN3O2S2/c1-9-13(14-12(22-9)8-17-15(16)18-14)10-6-4-5-7-11(10)19(2)23(3,20)21/h4-8H,1-3H3. The maximum atomic E-state index is 11.9. The van der Waals surface area contributed by atoms with Crippen LogP contribution in [0.1, 0.15) is 4.88 Å². The summed E-state index contributed by atoms with van der Waals surface area (Å²) in [4.78, 5) is 9.38. The van der Waals surface area contributed by atoms with Gasteiger partial charge in [-0.3, -0.25) is 4.31 Å². The van der Waals surface area contributed by atoms with E-state index in [4.69, 9.17) is 11.6 Å². The van der Waals surface area contributed by atoms with Gasteiger partial charge in [0.25, 0.3) is 0 Å². The van der Waals surface area contributed by atoms with E-state index < -0.39 is 10.0 Å². The molecule has 3 aromatic rings. The van der Waals surface area contributed by atoms with Crippen molar-refractivity contribution < 1.29 is 8.42 Å². The summed E-state index contributed by atoms with van der Waals surface area (Å²) in [7, 11) is -1.82. The van der Waals surface area contributed by atoms with Crippen LogP contribution in [0.3, 0.4) is 0 Å². The van der Waals surface area contributed by atoms with E-state index in [-0.39, 0.29) is 5.28 Å². The van der Waals surface area contributed by atoms with Crippen molar-refractivity contribution in [3.05, 3.63) is 40.6 Å². The van der Waals surface area contributed by atoms with Gasteiger partial charge in [-0.15, -0.1) is 11.3 Å². The highest BCUT2D eigenvalue weighted by atomic mass is 35.5. The van der Waals surface area contributed by atoms with Crippen molar-refractivity contribution in [1.29, 1.82) is 0 Å². The molecule has 120 valence electrons. The van der Waals surface area contributed by atoms with Gasteiger partial charge in [0.1, 0.15) is 0 Å². The van der Waals surface area contributed by atoms with Crippen molar-refractivity contribution in [2.75, 3.05) is 17.6 Å². The summed E-state index contributed by atoms with van der Waals surface area (Å²) >= 11 is 7.50. The normalized spacial score (nSPS) is 11.8. The van der Waals surface area contributed by atoms with Crippen LogP contribution in [0, 0.1) is 6.92 Å². The van der Waals surface area contributed by atoms with Gasteiger partial charge in [-0.25, -0.2) is 18.4 Å². The van der Waals surface area contributed by atoms with E-state index in [9.17, 15) is 8.42 Å². The van der Waals surface area contributed by atoms with Gasteiger partial charge in [0.05, 0.1) is 22.2 Å². The fraction of sp³-hybridized carbons (Fsp3) is 0.200. The second-order valence-electron chi connectivity index (χ2n) is 5.13. The largest absolute Gasteiger partial charge is 0.273 e. The summed E-state index contributed by atoms with van der Waals surface area (Å²) in [5.41, 5.74) is 3.04. The Morgan fingerprint density at radius 1 is 1.26 bits per heavy atom. The highest BCUT2D eigenvalue weighted by Gasteiger charge is 2.21. The number of fused-ring (bicyclic) bond motifs is 1. The highest BCUT2D eigenvalue weighted by molar-refractivity contribution is 7.92. The number of nitrogens with zero attached hydrogens (tertiary/aromatic N) is 3. The Kier molecular flexibility index (Phi) is 4.03. The molecule has 0 atom stereocenters. The predicted octanol–water partition coefficient (Wildman–Crippen LogP) is 3.72. The number of halogens is 1. The van der Waals surface area contributed by atoms with Crippen molar-refractivity contribution in [2.45, 2.75) is 6.92 Å². The average Bonchev–Trinajstić information content (AvgIpc) is 2.80. The summed E-state index contributed by atoms with van der Waals surface area (Å²) in [6.45, 7) is 1.98. The van der Waals surface area contributed by atoms with E-state index in [2.05, 4.69) is 9.97 Å². The minimum atomic E-state index is -3.37. The first kappa shape index (κ1) is 16.2. The quantitative estimate of drug-likeness (QED) is 0.662. The Bertz CT molecular complexity index is 999. The number of para-hydroxylation sites is 1. The zero-order chi connectivity index (χ0) is 16.8. The summed E-state index contributed by atoms with van der Waals surface area (Å²) in [6, 6.07) is 7.36. The third-order valence-corrected chi connectivity index (χ3v) is 5.99. The minimum Gasteiger partial charge on any atom is -0.273 e. The third-order valence-electron chi connectivity index (χ3n) is 3.59. The van der Waals surface area contributed by atoms with Gasteiger partial charge in [-0.1, -0.05) is 18.2 Å². The Labute approximate surface area is 143 Å². The zero-order valence-electron chi connectivity index (χ0n) is 12.7. The molecule has 2 heterocycles. The molecule has 0 unspecified atom stereocenters. The minimum absolute atomic E-state index is 0.172. The molecule has 0 aliphatic carbocycles. The van der Waals surface area contributed by atoms with Gasteiger partial charge in [0, 0.05) is 29.2 Å². The highest BCUT2D eigenvalue weighted by Crippen LogP contribution is 2.41. The average molecular weight is 368 g/mol. The van der Waals surface area contributed by atoms with Crippen LogP contribution in [-0.4, -0.2) is 31.7 Å². The van der Waals surface area contributed by atoms with Gasteiger partial charge in [0.15, 0.2) is 0 Å². The maximum absolute atomic E-state index is 11.9. The molecule has 0 amide bonds. The van der Waals surface area contributed by atoms with Gasteiger partial charge in [-0.2, -0.15) is 0 Å². The fourth-order valence-electron chi connectivity index (χ4n) is 2.44. The molecule has 0 fully saturated rings. The summed E-state index contributed by atoms with van der Waals surface area (Å²) in [5.74, 6) is 0. The number of hydrogen-bond acceptors (Lipinski definition) is 5. The molecule has 0 aliphatic rings. The molecule has 0 saturated heterocycles. The maximum Gasteiger partial charge on any atom is 0.232 e. The Morgan fingerprint density at radius 3 is 2.65 bits per heavy atom. The lowest BCUT2D eigenvalue weighted by molar-refractivity contribution is 0.600. The molecule has 1 aromatic carbocycles. The van der Waals surface area contributed by atoms with Crippen LogP contribution >= 0.6 is 22.9 Å². The molecule has 23 heavy (non-hydrogen) atoms. The zero-order valence-corrected chi connectivity index (χ0v) is 15.1. The molecule has 3 rings (SSSR count). The number of thiophene rings is 1. The first-order valence-electron chi connectivity index (χ1n) is 6.74. The Morgan fingerprint density at radius 2 is 1.96 bits per heavy atom. The number of hydrogen-bond donors (Lipinski definition) is 0. The van der Waals surface area contributed by atoms with Gasteiger partial charge >= 0.3 is 0 Å². The monoisotopic (exact) mass is 367 g/mol. The van der Waals surface area contributed by atoms with Crippen molar-refractivity contribution in [3.8, 4) is 11.1 Å². The predicted molar refractivity (Wildman–Crippen MR) is 95.8 cm³/mol. The van der Waals surface area contributed by atoms with E-state index in [0.29, 0.717) is 5.69 Å². The van der Waals surface area contributed by atoms with Crippen molar-refractivity contribution in [3.63, 3.8) is 0 Å². The van der Waals surface area contributed by atoms with Crippen LogP contribution in [-0.2, 0) is 10.0 Å². The summed E-state index contributed by atoms with van der Waals surface area (Å²) in [5, 5.41) is 0.172. The first-order valence-corrected chi connectivity index (χ1v) is 9.78. The van der Waals surface area contributed by atoms with Crippen LogP contribution in [0.25, 0.3) is 21.3 Å². The molecule has 0 N–H and O–H groups in total. The number of benzene rings is 1. The van der Waals surface area contributed by atoms with Crippen LogP contribution in [0.5, 0.6) is 0 Å². The SMILES string of the molecule is Cc1sc2cnc(Cl)nc2c1-c1ccccc1N(C)S(C)(=O)=O. The lowest BCUT2D eigenvalue weighted by atomic mass is 10.0. The van der Waals surface area contributed by atoms with Gasteiger partial charge < -0.3 is 0 Å². The smallest absolute Gasteiger partial charge is 0.232 e. The van der Waals surface area contributed by atoms with Crippen molar-refractivity contribution in [1.82, 2.24) is 9.97 Å². The molecule has 0 radical (unpaired) electrons. The lowest BCUT2D eigenvalue weighted by Gasteiger charge is -2.20. The molecular formula is C15H14ClN3O2S2. The molecular weight excluding hydrogens is 354 g/mol. The van der Waals surface area contributed by atoms with Crippen LogP contribution in [0.2, 0.25) is 5.28 Å². The molecule has 0 spiro atoms. The van der Waals surface area contributed by atoms with Gasteiger partial charge in [-0.05, 0) is 24.6 Å². The molecule has 2 aromatic heterocycles. The number of sulfonamides is 1. The van der Waals surface area contributed by atoms with E-state index in [1.807, 2.05) is 25.1 Å². The number of aryl methyl sites for hydroxylation is 1. The van der Waals surface area contributed by atoms with E-state index >= 15 is 0 Å². The summed E-state index contributed by atoms with van der Waals surface area (Å²) in [6.07, 6.45) is 2.87. The second kappa shape index (κ2) is 5.74. The van der Waals surface area contributed by atoms with Crippen LogP contribution < -0.4 is 4.31 Å². The number of aromatic nitrogens is 2. The molecule has 0 aliphatic heterocycles. The molecule has 0 bridgehead atoms. The molecule has 0 saturated carbocycles. The second-order valence-corrected chi connectivity index (χ2v) is 8.74. The van der Waals surface area contributed by atoms with Crippen molar-refractivity contribution >= 4 is 48.9 Å². The Balaban J connectivity index is 2.33. The molecule has 8 heteroatoms. The van der Waals surface area contributed by atoms with Crippen molar-refractivity contribution in [2.24, 2.45) is 0 Å². The van der Waals surface area contributed by atoms with E-state index in [0.717, 1.165) is 26.2 Å². The van der Waals surface area contributed by atoms with Crippen LogP contribution in [0.15, 0.2) is 30.5 Å². The topological polar surface area (TPSA) is 63.2 Å². The van der Waals surface area contributed by atoms with Gasteiger partial charge in [0.2, 0.25) is 15.3 Å². The third kappa shape index (κ3) is 2.91. The fourth-order valence-corrected chi connectivity index (χ4v) is 4.08. The Hall–Kier alpha value is -1.70. The number of rotatable bonds is 3. The number of anilines is 1. The first-order chi connectivity index (χ1) is 10.8.